The van der Waals surface area contributed by atoms with Gasteiger partial charge >= 0.3 is 6.18 Å². The molecule has 1 fully saturated rings. The number of alkyl halides is 3. The molecule has 31 heavy (non-hydrogen) atoms. The van der Waals surface area contributed by atoms with Crippen LogP contribution in [0.3, 0.4) is 0 Å². The van der Waals surface area contributed by atoms with E-state index in [0.717, 1.165) is 17.8 Å². The van der Waals surface area contributed by atoms with Crippen molar-refractivity contribution in [2.24, 2.45) is 0 Å². The van der Waals surface area contributed by atoms with Crippen molar-refractivity contribution in [3.05, 3.63) is 53.7 Å². The Hall–Kier alpha value is -3.21. The summed E-state index contributed by atoms with van der Waals surface area (Å²) >= 11 is 0. The zero-order chi connectivity index (χ0) is 22.0. The van der Waals surface area contributed by atoms with E-state index in [1.165, 1.54) is 12.1 Å². The van der Waals surface area contributed by atoms with Gasteiger partial charge in [0.05, 0.1) is 18.7 Å². The Morgan fingerprint density at radius 1 is 1.29 bits per heavy atom. The first-order chi connectivity index (χ1) is 14.8. The second kappa shape index (κ2) is 8.50. The van der Waals surface area contributed by atoms with Gasteiger partial charge < -0.3 is 14.2 Å². The van der Waals surface area contributed by atoms with Crippen LogP contribution in [-0.2, 0) is 22.3 Å². The molecule has 3 heterocycles. The van der Waals surface area contributed by atoms with Crippen LogP contribution in [0, 0.1) is 6.92 Å². The van der Waals surface area contributed by atoms with Gasteiger partial charge in [-0.15, -0.1) is 0 Å². The molecule has 1 atom stereocenters. The summed E-state index contributed by atoms with van der Waals surface area (Å²) in [5.74, 6) is 0.0935. The number of aryl methyl sites for hydroxylation is 2. The third-order valence-electron chi connectivity index (χ3n) is 5.05. The van der Waals surface area contributed by atoms with Crippen molar-refractivity contribution in [3.8, 4) is 11.4 Å². The van der Waals surface area contributed by atoms with Crippen LogP contribution in [0.15, 0.2) is 41.1 Å². The molecule has 4 rings (SSSR count). The van der Waals surface area contributed by atoms with E-state index in [-0.39, 0.29) is 36.2 Å². The average Bonchev–Trinajstić information content (AvgIpc) is 3.41. The van der Waals surface area contributed by atoms with Gasteiger partial charge in [0.2, 0.25) is 11.7 Å². The Kier molecular flexibility index (Phi) is 5.77. The van der Waals surface area contributed by atoms with Crippen LogP contribution in [-0.4, -0.2) is 50.4 Å². The van der Waals surface area contributed by atoms with Gasteiger partial charge in [0.25, 0.3) is 5.89 Å². The molecule has 0 radical (unpaired) electrons. The fourth-order valence-corrected chi connectivity index (χ4v) is 3.34. The van der Waals surface area contributed by atoms with Crippen LogP contribution in [0.5, 0.6) is 0 Å². The summed E-state index contributed by atoms with van der Waals surface area (Å²) in [7, 11) is 0. The first kappa shape index (κ1) is 21.0. The standard InChI is InChI=1S/C20H20F3N5O3/c1-13-5-7-24-28(13)8-6-17(29)27-9-10-30-16(12-27)19-25-18(26-31-19)14-3-2-4-15(11-14)20(21,22)23/h2-5,7,11,16H,6,8-10,12H2,1H3. The van der Waals surface area contributed by atoms with Gasteiger partial charge in [-0.2, -0.15) is 23.3 Å². The number of amides is 1. The lowest BCUT2D eigenvalue weighted by molar-refractivity contribution is -0.140. The van der Waals surface area contributed by atoms with Crippen molar-refractivity contribution in [1.82, 2.24) is 24.8 Å². The molecule has 2 aromatic heterocycles. The maximum absolute atomic E-state index is 12.9. The highest BCUT2D eigenvalue weighted by atomic mass is 19.4. The van der Waals surface area contributed by atoms with Gasteiger partial charge in [-0.1, -0.05) is 17.3 Å². The van der Waals surface area contributed by atoms with Crippen molar-refractivity contribution in [1.29, 1.82) is 0 Å². The predicted molar refractivity (Wildman–Crippen MR) is 102 cm³/mol. The number of halogens is 3. The topological polar surface area (TPSA) is 86.3 Å². The molecule has 1 aromatic carbocycles. The maximum atomic E-state index is 12.9. The van der Waals surface area contributed by atoms with Crippen LogP contribution in [0.2, 0.25) is 0 Å². The number of aromatic nitrogens is 4. The number of carbonyl (C=O) groups is 1. The van der Waals surface area contributed by atoms with Crippen LogP contribution >= 0.6 is 0 Å². The van der Waals surface area contributed by atoms with E-state index in [0.29, 0.717) is 19.7 Å². The van der Waals surface area contributed by atoms with Crippen molar-refractivity contribution >= 4 is 5.91 Å². The number of hydrogen-bond acceptors (Lipinski definition) is 6. The molecule has 8 nitrogen and oxygen atoms in total. The Morgan fingerprint density at radius 2 is 2.13 bits per heavy atom. The molecular formula is C20H20F3N5O3. The first-order valence-corrected chi connectivity index (χ1v) is 9.70. The molecule has 164 valence electrons. The zero-order valence-electron chi connectivity index (χ0n) is 16.7. The van der Waals surface area contributed by atoms with Gasteiger partial charge in [0.15, 0.2) is 6.10 Å². The van der Waals surface area contributed by atoms with Crippen LogP contribution in [0.4, 0.5) is 13.2 Å². The Bertz CT molecular complexity index is 1060. The van der Waals surface area contributed by atoms with Crippen LogP contribution in [0.25, 0.3) is 11.4 Å². The number of hydrogen-bond donors (Lipinski definition) is 0. The lowest BCUT2D eigenvalue weighted by Gasteiger charge is -2.31. The Morgan fingerprint density at radius 3 is 2.87 bits per heavy atom. The lowest BCUT2D eigenvalue weighted by Crippen LogP contribution is -2.42. The molecule has 1 unspecified atom stereocenters. The van der Waals surface area contributed by atoms with Crippen molar-refractivity contribution in [2.75, 3.05) is 19.7 Å². The van der Waals surface area contributed by atoms with E-state index >= 15 is 0 Å². The molecule has 0 spiro atoms. The average molecular weight is 435 g/mol. The third-order valence-corrected chi connectivity index (χ3v) is 5.05. The minimum Gasteiger partial charge on any atom is -0.365 e. The van der Waals surface area contributed by atoms with E-state index in [1.807, 2.05) is 13.0 Å². The second-order valence-corrected chi connectivity index (χ2v) is 7.18. The van der Waals surface area contributed by atoms with Gasteiger partial charge in [-0.25, -0.2) is 0 Å². The van der Waals surface area contributed by atoms with Gasteiger partial charge in [0, 0.05) is 37.0 Å². The summed E-state index contributed by atoms with van der Waals surface area (Å²) in [5.41, 5.74) is 0.359. The van der Waals surface area contributed by atoms with Crippen LogP contribution < -0.4 is 0 Å². The van der Waals surface area contributed by atoms with E-state index < -0.39 is 17.8 Å². The zero-order valence-corrected chi connectivity index (χ0v) is 16.7. The quantitative estimate of drug-likeness (QED) is 0.612. The lowest BCUT2D eigenvalue weighted by atomic mass is 10.1. The normalized spacial score (nSPS) is 17.2. The first-order valence-electron chi connectivity index (χ1n) is 9.70. The fourth-order valence-electron chi connectivity index (χ4n) is 3.34. The highest BCUT2D eigenvalue weighted by molar-refractivity contribution is 5.76. The highest BCUT2D eigenvalue weighted by Gasteiger charge is 2.32. The van der Waals surface area contributed by atoms with Crippen molar-refractivity contribution in [3.63, 3.8) is 0 Å². The maximum Gasteiger partial charge on any atom is 0.416 e. The molecule has 0 N–H and O–H groups in total. The van der Waals surface area contributed by atoms with Crippen molar-refractivity contribution in [2.45, 2.75) is 32.2 Å². The molecule has 1 saturated heterocycles. The van der Waals surface area contributed by atoms with E-state index in [1.54, 1.807) is 15.8 Å². The van der Waals surface area contributed by atoms with Crippen LogP contribution in [0.1, 0.15) is 29.7 Å². The summed E-state index contributed by atoms with van der Waals surface area (Å²) < 4.78 is 51.5. The molecule has 0 bridgehead atoms. The second-order valence-electron chi connectivity index (χ2n) is 7.18. The number of nitrogens with zero attached hydrogens (tertiary/aromatic N) is 5. The molecule has 0 aliphatic carbocycles. The molecule has 0 saturated carbocycles. The molecular weight excluding hydrogens is 415 g/mol. The monoisotopic (exact) mass is 435 g/mol. The number of benzene rings is 1. The summed E-state index contributed by atoms with van der Waals surface area (Å²) in [4.78, 5) is 18.4. The number of morpholine rings is 1. The molecule has 3 aromatic rings. The highest BCUT2D eigenvalue weighted by Crippen LogP contribution is 2.32. The molecule has 1 amide bonds. The fraction of sp³-hybridized carbons (Fsp3) is 0.400. The summed E-state index contributed by atoms with van der Waals surface area (Å²) in [6.07, 6.45) is -3.14. The summed E-state index contributed by atoms with van der Waals surface area (Å²) in [6, 6.07) is 6.56. The largest absolute Gasteiger partial charge is 0.416 e. The van der Waals surface area contributed by atoms with Gasteiger partial charge in [0.1, 0.15) is 0 Å². The SMILES string of the molecule is Cc1ccnn1CCC(=O)N1CCOC(c2nc(-c3cccc(C(F)(F)F)c3)no2)C1. The third kappa shape index (κ3) is 4.76. The minimum atomic E-state index is -4.47. The predicted octanol–water partition coefficient (Wildman–Crippen LogP) is 3.25. The van der Waals surface area contributed by atoms with E-state index in [2.05, 4.69) is 15.2 Å². The Balaban J connectivity index is 1.42. The van der Waals surface area contributed by atoms with Crippen molar-refractivity contribution < 1.29 is 27.2 Å². The smallest absolute Gasteiger partial charge is 0.365 e. The van der Waals surface area contributed by atoms with E-state index in [9.17, 15) is 18.0 Å². The van der Waals surface area contributed by atoms with Gasteiger partial charge in [-0.3, -0.25) is 9.48 Å². The summed E-state index contributed by atoms with van der Waals surface area (Å²) in [5, 5.41) is 7.95. The Labute approximate surface area is 175 Å². The number of rotatable bonds is 5. The van der Waals surface area contributed by atoms with Gasteiger partial charge in [-0.05, 0) is 25.1 Å². The molecule has 1 aliphatic rings. The number of ether oxygens (including phenoxy) is 1. The molecule has 1 aliphatic heterocycles. The minimum absolute atomic E-state index is 0.0299. The molecule has 11 heteroatoms. The van der Waals surface area contributed by atoms with E-state index in [4.69, 9.17) is 9.26 Å². The summed E-state index contributed by atoms with van der Waals surface area (Å²) in [6.45, 7) is 3.33. The number of carbonyl (C=O) groups excluding carboxylic acids is 1.